The molecule has 2 aromatic heterocycles. The van der Waals surface area contributed by atoms with Crippen LogP contribution in [0, 0.1) is 11.3 Å². The van der Waals surface area contributed by atoms with Gasteiger partial charge in [0.1, 0.15) is 5.69 Å². The highest BCUT2D eigenvalue weighted by Gasteiger charge is 2.35. The molecule has 120 valence electrons. The maximum Gasteiger partial charge on any atom is 0.270 e. The minimum Gasteiger partial charge on any atom is -0.349 e. The molecule has 0 unspecified atom stereocenters. The number of rotatable bonds is 2. The number of nitrogens with one attached hydrogen (secondary N) is 1. The number of fused-ring (bicyclic) bond motifs is 1. The fraction of sp³-hybridized carbons (Fsp3) is 0.562. The van der Waals surface area contributed by atoms with Crippen molar-refractivity contribution in [3.05, 3.63) is 22.2 Å². The molecule has 1 saturated heterocycles. The standard InChI is InChI=1S/C16H22ClN3OS/c1-16(2,3)5-9-6-20(7-11(9)18)15(21)12-4-13-14(19-12)10(17)8-22-13/h4,8-9,11,19H,5-7,18H2,1-3H3/t9-,11-/m1/s1. The second kappa shape index (κ2) is 5.55. The Morgan fingerprint density at radius 2 is 2.23 bits per heavy atom. The Morgan fingerprint density at radius 1 is 1.50 bits per heavy atom. The molecule has 1 amide bonds. The molecule has 2 atom stereocenters. The lowest BCUT2D eigenvalue weighted by molar-refractivity contribution is 0.0778. The topological polar surface area (TPSA) is 62.1 Å². The van der Waals surface area contributed by atoms with E-state index in [9.17, 15) is 4.79 Å². The van der Waals surface area contributed by atoms with Crippen molar-refractivity contribution in [2.45, 2.75) is 33.2 Å². The number of carbonyl (C=O) groups excluding carboxylic acids is 1. The molecule has 0 radical (unpaired) electrons. The molecule has 3 N–H and O–H groups in total. The number of carbonyl (C=O) groups is 1. The van der Waals surface area contributed by atoms with Crippen molar-refractivity contribution >= 4 is 39.1 Å². The van der Waals surface area contributed by atoms with Crippen molar-refractivity contribution < 1.29 is 4.79 Å². The average Bonchev–Trinajstić information content (AvgIpc) is 3.06. The van der Waals surface area contributed by atoms with Gasteiger partial charge in [-0.25, -0.2) is 0 Å². The fourth-order valence-electron chi connectivity index (χ4n) is 3.23. The summed E-state index contributed by atoms with van der Waals surface area (Å²) in [6, 6.07) is 1.94. The molecule has 6 heteroatoms. The number of aromatic amines is 1. The number of amides is 1. The normalized spacial score (nSPS) is 22.7. The maximum atomic E-state index is 12.7. The summed E-state index contributed by atoms with van der Waals surface area (Å²) in [5.74, 6) is 0.384. The van der Waals surface area contributed by atoms with E-state index in [0.717, 1.165) is 23.2 Å². The minimum atomic E-state index is 0.0197. The van der Waals surface area contributed by atoms with Crippen molar-refractivity contribution in [3.63, 3.8) is 0 Å². The number of H-pyrrole nitrogens is 1. The van der Waals surface area contributed by atoms with Gasteiger partial charge >= 0.3 is 0 Å². The Morgan fingerprint density at radius 3 is 2.86 bits per heavy atom. The molecule has 0 bridgehead atoms. The fourth-order valence-corrected chi connectivity index (χ4v) is 4.38. The monoisotopic (exact) mass is 339 g/mol. The summed E-state index contributed by atoms with van der Waals surface area (Å²) in [5.41, 5.74) is 7.93. The summed E-state index contributed by atoms with van der Waals surface area (Å²) >= 11 is 7.65. The van der Waals surface area contributed by atoms with Crippen molar-refractivity contribution in [2.75, 3.05) is 13.1 Å². The van der Waals surface area contributed by atoms with Crippen LogP contribution in [0.15, 0.2) is 11.4 Å². The van der Waals surface area contributed by atoms with Crippen LogP contribution in [0.3, 0.4) is 0 Å². The largest absolute Gasteiger partial charge is 0.349 e. The third-order valence-corrected chi connectivity index (χ3v) is 5.55. The van der Waals surface area contributed by atoms with Gasteiger partial charge in [0.05, 0.1) is 15.2 Å². The number of hydrogen-bond donors (Lipinski definition) is 2. The highest BCUT2D eigenvalue weighted by atomic mass is 35.5. The molecular weight excluding hydrogens is 318 g/mol. The number of halogens is 1. The predicted molar refractivity (Wildman–Crippen MR) is 92.6 cm³/mol. The molecule has 0 spiro atoms. The predicted octanol–water partition coefficient (Wildman–Crippen LogP) is 3.72. The number of thiophene rings is 1. The Kier molecular flexibility index (Phi) is 4.00. The van der Waals surface area contributed by atoms with Crippen molar-refractivity contribution in [1.29, 1.82) is 0 Å². The van der Waals surface area contributed by atoms with Crippen LogP contribution < -0.4 is 5.73 Å². The van der Waals surface area contributed by atoms with Gasteiger partial charge in [-0.2, -0.15) is 0 Å². The average molecular weight is 340 g/mol. The smallest absolute Gasteiger partial charge is 0.270 e. The van der Waals surface area contributed by atoms with Crippen molar-refractivity contribution in [3.8, 4) is 0 Å². The summed E-state index contributed by atoms with van der Waals surface area (Å²) in [6.45, 7) is 8.00. The SMILES string of the molecule is CC(C)(C)C[C@@H]1CN(C(=O)c2cc3scc(Cl)c3[nH]2)C[C@H]1N. The van der Waals surface area contributed by atoms with Crippen molar-refractivity contribution in [1.82, 2.24) is 9.88 Å². The molecule has 1 fully saturated rings. The molecule has 1 aliphatic heterocycles. The number of hydrogen-bond acceptors (Lipinski definition) is 3. The second-order valence-corrected chi connectivity index (χ2v) is 8.72. The van der Waals surface area contributed by atoms with Gasteiger partial charge in [-0.15, -0.1) is 11.3 Å². The van der Waals surface area contributed by atoms with E-state index in [1.807, 2.05) is 16.3 Å². The molecule has 0 aliphatic carbocycles. The summed E-state index contributed by atoms with van der Waals surface area (Å²) < 4.78 is 1.02. The van der Waals surface area contributed by atoms with E-state index in [2.05, 4.69) is 25.8 Å². The van der Waals surface area contributed by atoms with E-state index in [0.29, 0.717) is 23.2 Å². The van der Waals surface area contributed by atoms with Gasteiger partial charge in [0.15, 0.2) is 0 Å². The lowest BCUT2D eigenvalue weighted by Gasteiger charge is -2.24. The maximum absolute atomic E-state index is 12.7. The molecule has 3 heterocycles. The third kappa shape index (κ3) is 3.03. The van der Waals surface area contributed by atoms with E-state index in [-0.39, 0.29) is 17.4 Å². The van der Waals surface area contributed by atoms with Crippen LogP contribution in [0.5, 0.6) is 0 Å². The van der Waals surface area contributed by atoms with Crippen LogP contribution in [0.2, 0.25) is 5.02 Å². The third-order valence-electron chi connectivity index (χ3n) is 4.19. The van der Waals surface area contributed by atoms with E-state index in [1.165, 1.54) is 0 Å². The second-order valence-electron chi connectivity index (χ2n) is 7.40. The van der Waals surface area contributed by atoms with Gasteiger partial charge in [-0.05, 0) is 23.8 Å². The number of aromatic nitrogens is 1. The van der Waals surface area contributed by atoms with Crippen LogP contribution >= 0.6 is 22.9 Å². The van der Waals surface area contributed by atoms with Gasteiger partial charge in [-0.3, -0.25) is 4.79 Å². The van der Waals surface area contributed by atoms with Crippen molar-refractivity contribution in [2.24, 2.45) is 17.1 Å². The zero-order chi connectivity index (χ0) is 16.1. The first-order valence-corrected chi connectivity index (χ1v) is 8.81. The van der Waals surface area contributed by atoms with Gasteiger partial charge < -0.3 is 15.6 Å². The molecule has 3 rings (SSSR count). The number of nitrogens with two attached hydrogens (primary N) is 1. The first kappa shape index (κ1) is 15.8. The molecule has 22 heavy (non-hydrogen) atoms. The van der Waals surface area contributed by atoms with E-state index in [4.69, 9.17) is 17.3 Å². The quantitative estimate of drug-likeness (QED) is 0.875. The molecule has 4 nitrogen and oxygen atoms in total. The first-order chi connectivity index (χ1) is 10.2. The molecular formula is C16H22ClN3OS. The van der Waals surface area contributed by atoms with E-state index >= 15 is 0 Å². The van der Waals surface area contributed by atoms with Gasteiger partial charge in [0.25, 0.3) is 5.91 Å². The lowest BCUT2D eigenvalue weighted by atomic mass is 9.83. The zero-order valence-electron chi connectivity index (χ0n) is 13.1. The molecule has 2 aromatic rings. The Hall–Kier alpha value is -1.04. The van der Waals surface area contributed by atoms with Crippen LogP contribution in [-0.2, 0) is 0 Å². The van der Waals surface area contributed by atoms with E-state index in [1.54, 1.807) is 11.3 Å². The Labute approximate surface area is 139 Å². The van der Waals surface area contributed by atoms with Gasteiger partial charge in [-0.1, -0.05) is 32.4 Å². The highest BCUT2D eigenvalue weighted by molar-refractivity contribution is 7.17. The summed E-state index contributed by atoms with van der Waals surface area (Å²) in [6.07, 6.45) is 1.03. The zero-order valence-corrected chi connectivity index (χ0v) is 14.7. The molecule has 0 aromatic carbocycles. The van der Waals surface area contributed by atoms with Crippen LogP contribution in [0.25, 0.3) is 10.2 Å². The Balaban J connectivity index is 1.75. The van der Waals surface area contributed by atoms with Crippen LogP contribution in [-0.4, -0.2) is 34.9 Å². The van der Waals surface area contributed by atoms with Gasteiger partial charge in [0, 0.05) is 24.5 Å². The number of nitrogens with zero attached hydrogens (tertiary/aromatic N) is 1. The lowest BCUT2D eigenvalue weighted by Crippen LogP contribution is -2.33. The Bertz CT molecular complexity index is 700. The molecule has 0 saturated carbocycles. The van der Waals surface area contributed by atoms with Crippen LogP contribution in [0.1, 0.15) is 37.7 Å². The molecule has 1 aliphatic rings. The highest BCUT2D eigenvalue weighted by Crippen LogP contribution is 2.32. The van der Waals surface area contributed by atoms with E-state index < -0.39 is 0 Å². The van der Waals surface area contributed by atoms with Crippen LogP contribution in [0.4, 0.5) is 0 Å². The minimum absolute atomic E-state index is 0.0197. The summed E-state index contributed by atoms with van der Waals surface area (Å²) in [4.78, 5) is 17.7. The number of likely N-dealkylation sites (tertiary alicyclic amines) is 1. The first-order valence-electron chi connectivity index (χ1n) is 7.55. The summed E-state index contributed by atoms with van der Waals surface area (Å²) in [5, 5.41) is 2.55. The summed E-state index contributed by atoms with van der Waals surface area (Å²) in [7, 11) is 0. The van der Waals surface area contributed by atoms with Gasteiger partial charge in [0.2, 0.25) is 0 Å².